The molecule has 2 N–H and O–H groups in total. The van der Waals surface area contributed by atoms with E-state index < -0.39 is 17.7 Å². The molecule has 1 aliphatic heterocycles. The van der Waals surface area contributed by atoms with Gasteiger partial charge in [0.25, 0.3) is 5.91 Å². The van der Waals surface area contributed by atoms with E-state index in [0.717, 1.165) is 31.6 Å². The molecule has 1 aliphatic rings. The van der Waals surface area contributed by atoms with Crippen LogP contribution in [0.1, 0.15) is 51.4 Å². The number of nitrogens with zero attached hydrogens (tertiary/aromatic N) is 1. The van der Waals surface area contributed by atoms with E-state index in [1.54, 1.807) is 19.9 Å². The molecule has 8 heteroatoms. The Bertz CT molecular complexity index is 919. The number of esters is 1. The predicted octanol–water partition coefficient (Wildman–Crippen LogP) is 3.82. The van der Waals surface area contributed by atoms with E-state index in [0.29, 0.717) is 29.1 Å². The molecule has 2 aromatic rings. The first-order valence-corrected chi connectivity index (χ1v) is 10.1. The van der Waals surface area contributed by atoms with E-state index in [2.05, 4.69) is 15.2 Å². The maximum atomic E-state index is 13.9. The number of aryl methyl sites for hydroxylation is 1. The summed E-state index contributed by atoms with van der Waals surface area (Å²) in [6.07, 6.45) is 3.30. The van der Waals surface area contributed by atoms with Gasteiger partial charge in [-0.1, -0.05) is 0 Å². The highest BCUT2D eigenvalue weighted by Crippen LogP contribution is 2.30. The predicted molar refractivity (Wildman–Crippen MR) is 113 cm³/mol. The molecule has 7 nitrogen and oxygen atoms in total. The third-order valence-electron chi connectivity index (χ3n) is 5.29. The number of carbonyl (C=O) groups is 2. The van der Waals surface area contributed by atoms with Crippen LogP contribution in [0.2, 0.25) is 0 Å². The van der Waals surface area contributed by atoms with Gasteiger partial charge in [0.2, 0.25) is 0 Å². The van der Waals surface area contributed by atoms with E-state index >= 15 is 0 Å². The lowest BCUT2D eigenvalue weighted by Gasteiger charge is -2.30. The highest BCUT2D eigenvalue weighted by atomic mass is 19.1. The van der Waals surface area contributed by atoms with Crippen molar-refractivity contribution in [1.29, 1.82) is 0 Å². The van der Waals surface area contributed by atoms with E-state index in [9.17, 15) is 14.0 Å². The molecule has 0 aliphatic carbocycles. The van der Waals surface area contributed by atoms with Gasteiger partial charge in [-0.3, -0.25) is 4.79 Å². The number of benzene rings is 1. The maximum Gasteiger partial charge on any atom is 0.340 e. The Kier molecular flexibility index (Phi) is 7.10. The zero-order valence-corrected chi connectivity index (χ0v) is 17.6. The van der Waals surface area contributed by atoms with Gasteiger partial charge < -0.3 is 24.7 Å². The lowest BCUT2D eigenvalue weighted by molar-refractivity contribution is 0.0387. The molecule has 0 unspecified atom stereocenters. The van der Waals surface area contributed by atoms with Crippen LogP contribution in [0.4, 0.5) is 15.8 Å². The van der Waals surface area contributed by atoms with E-state index in [-0.39, 0.29) is 12.3 Å². The minimum atomic E-state index is -0.517. The Morgan fingerprint density at radius 2 is 1.90 bits per heavy atom. The van der Waals surface area contributed by atoms with Crippen molar-refractivity contribution in [3.05, 3.63) is 46.5 Å². The number of H-pyrrole nitrogens is 1. The molecule has 0 atom stereocenters. The zero-order chi connectivity index (χ0) is 21.7. The molecule has 3 rings (SSSR count). The standard InChI is InChI=1S/C22H28FN3O4/c1-14-19(22(28)30-12-11-29-3)15(2)24-20(14)21(27)25-17-13-16(23)7-8-18(17)26-9-5-4-6-10-26/h7-8,13,24H,4-6,9-12H2,1-3H3,(H,25,27). The molecule has 0 saturated carbocycles. The first kappa shape index (κ1) is 21.8. The fourth-order valence-electron chi connectivity index (χ4n) is 3.78. The Hall–Kier alpha value is -2.87. The van der Waals surface area contributed by atoms with Crippen LogP contribution in [0.5, 0.6) is 0 Å². The van der Waals surface area contributed by atoms with Crippen LogP contribution in [0, 0.1) is 19.7 Å². The first-order chi connectivity index (χ1) is 14.4. The van der Waals surface area contributed by atoms with Crippen molar-refractivity contribution in [3.63, 3.8) is 0 Å². The highest BCUT2D eigenvalue weighted by Gasteiger charge is 2.24. The summed E-state index contributed by atoms with van der Waals surface area (Å²) in [6.45, 7) is 5.55. The van der Waals surface area contributed by atoms with Gasteiger partial charge in [0.1, 0.15) is 18.1 Å². The smallest absolute Gasteiger partial charge is 0.340 e. The SMILES string of the molecule is COCCOC(=O)c1c(C)[nH]c(C(=O)Nc2cc(F)ccc2N2CCCCC2)c1C. The van der Waals surface area contributed by atoms with Crippen LogP contribution in [-0.4, -0.2) is 50.3 Å². The number of amides is 1. The molecule has 1 saturated heterocycles. The highest BCUT2D eigenvalue weighted by molar-refractivity contribution is 6.08. The second-order valence-electron chi connectivity index (χ2n) is 7.42. The molecule has 0 radical (unpaired) electrons. The summed E-state index contributed by atoms with van der Waals surface area (Å²) in [6, 6.07) is 4.42. The van der Waals surface area contributed by atoms with Crippen molar-refractivity contribution in [3.8, 4) is 0 Å². The molecular weight excluding hydrogens is 389 g/mol. The van der Waals surface area contributed by atoms with Crippen molar-refractivity contribution in [2.75, 3.05) is 43.6 Å². The number of ether oxygens (including phenoxy) is 2. The quantitative estimate of drug-likeness (QED) is 0.529. The molecule has 0 spiro atoms. The molecule has 0 bridgehead atoms. The first-order valence-electron chi connectivity index (χ1n) is 10.1. The topological polar surface area (TPSA) is 83.7 Å². The van der Waals surface area contributed by atoms with Gasteiger partial charge in [-0.15, -0.1) is 0 Å². The van der Waals surface area contributed by atoms with Gasteiger partial charge in [-0.2, -0.15) is 0 Å². The fraction of sp³-hybridized carbons (Fsp3) is 0.455. The minimum absolute atomic E-state index is 0.128. The number of nitrogens with one attached hydrogen (secondary N) is 2. The average molecular weight is 417 g/mol. The Balaban J connectivity index is 1.82. The summed E-state index contributed by atoms with van der Waals surface area (Å²) < 4.78 is 24.0. The van der Waals surface area contributed by atoms with Gasteiger partial charge in [-0.25, -0.2) is 9.18 Å². The van der Waals surface area contributed by atoms with Crippen LogP contribution in [0.25, 0.3) is 0 Å². The number of aromatic nitrogens is 1. The number of rotatable bonds is 7. The van der Waals surface area contributed by atoms with Crippen LogP contribution in [0.15, 0.2) is 18.2 Å². The molecule has 162 valence electrons. The van der Waals surface area contributed by atoms with Crippen LogP contribution in [-0.2, 0) is 9.47 Å². The van der Waals surface area contributed by atoms with E-state index in [1.165, 1.54) is 25.7 Å². The molecule has 1 aromatic heterocycles. The second-order valence-corrected chi connectivity index (χ2v) is 7.42. The van der Waals surface area contributed by atoms with Crippen molar-refractivity contribution in [2.24, 2.45) is 0 Å². The third-order valence-corrected chi connectivity index (χ3v) is 5.29. The number of hydrogen-bond acceptors (Lipinski definition) is 5. The summed E-state index contributed by atoms with van der Waals surface area (Å²) in [5.74, 6) is -1.37. The fourth-order valence-corrected chi connectivity index (χ4v) is 3.78. The van der Waals surface area contributed by atoms with E-state index in [1.807, 2.05) is 0 Å². The lowest BCUT2D eigenvalue weighted by atomic mass is 10.1. The van der Waals surface area contributed by atoms with Crippen molar-refractivity contribution >= 4 is 23.3 Å². The molecule has 30 heavy (non-hydrogen) atoms. The van der Waals surface area contributed by atoms with Crippen molar-refractivity contribution < 1.29 is 23.5 Å². The Morgan fingerprint density at radius 1 is 1.17 bits per heavy atom. The number of methoxy groups -OCH3 is 1. The third kappa shape index (κ3) is 4.81. The van der Waals surface area contributed by atoms with E-state index in [4.69, 9.17) is 9.47 Å². The number of piperidine rings is 1. The molecule has 2 heterocycles. The minimum Gasteiger partial charge on any atom is -0.460 e. The van der Waals surface area contributed by atoms with Crippen molar-refractivity contribution in [1.82, 2.24) is 4.98 Å². The maximum absolute atomic E-state index is 13.9. The summed E-state index contributed by atoms with van der Waals surface area (Å²) in [5, 5.41) is 2.81. The molecule has 1 fully saturated rings. The Morgan fingerprint density at radius 3 is 2.60 bits per heavy atom. The zero-order valence-electron chi connectivity index (χ0n) is 17.6. The van der Waals surface area contributed by atoms with Gasteiger partial charge in [-0.05, 0) is 56.9 Å². The van der Waals surface area contributed by atoms with Crippen molar-refractivity contribution in [2.45, 2.75) is 33.1 Å². The van der Waals surface area contributed by atoms with Gasteiger partial charge >= 0.3 is 5.97 Å². The summed E-state index contributed by atoms with van der Waals surface area (Å²) >= 11 is 0. The normalized spacial score (nSPS) is 13.9. The Labute approximate surface area is 175 Å². The lowest BCUT2D eigenvalue weighted by Crippen LogP contribution is -2.30. The number of hydrogen-bond donors (Lipinski definition) is 2. The van der Waals surface area contributed by atoms with Gasteiger partial charge in [0, 0.05) is 25.9 Å². The van der Waals surface area contributed by atoms with Crippen LogP contribution >= 0.6 is 0 Å². The van der Waals surface area contributed by atoms with Gasteiger partial charge in [0.05, 0.1) is 23.5 Å². The average Bonchev–Trinajstić information content (AvgIpc) is 3.03. The molecular formula is C22H28FN3O4. The monoisotopic (exact) mass is 417 g/mol. The largest absolute Gasteiger partial charge is 0.460 e. The number of aromatic amines is 1. The number of halogens is 1. The number of anilines is 2. The number of carbonyl (C=O) groups excluding carboxylic acids is 2. The van der Waals surface area contributed by atoms with Crippen LogP contribution in [0.3, 0.4) is 0 Å². The summed E-state index contributed by atoms with van der Waals surface area (Å²) in [5.41, 5.74) is 2.81. The second kappa shape index (κ2) is 9.75. The summed E-state index contributed by atoms with van der Waals surface area (Å²) in [7, 11) is 1.52. The molecule has 1 aromatic carbocycles. The van der Waals surface area contributed by atoms with Crippen LogP contribution < -0.4 is 10.2 Å². The molecule has 1 amide bonds. The summed E-state index contributed by atoms with van der Waals surface area (Å²) in [4.78, 5) is 30.5. The van der Waals surface area contributed by atoms with Gasteiger partial charge in [0.15, 0.2) is 0 Å².